The molecule has 0 saturated heterocycles. The molecule has 1 aliphatic carbocycles. The van der Waals surface area contributed by atoms with E-state index in [1.165, 1.54) is 51.4 Å². The predicted molar refractivity (Wildman–Crippen MR) is 80.2 cm³/mol. The molecule has 2 rings (SSSR count). The van der Waals surface area contributed by atoms with Gasteiger partial charge < -0.3 is 5.73 Å². The highest BCUT2D eigenvalue weighted by atomic mass is 16.1. The molecule has 2 heteroatoms. The van der Waals surface area contributed by atoms with Gasteiger partial charge in [0.05, 0.1) is 0 Å². The first-order valence-corrected chi connectivity index (χ1v) is 7.64. The van der Waals surface area contributed by atoms with E-state index in [2.05, 4.69) is 0 Å². The molecule has 0 unspecified atom stereocenters. The van der Waals surface area contributed by atoms with E-state index < -0.39 is 0 Å². The third kappa shape index (κ3) is 4.70. The van der Waals surface area contributed by atoms with E-state index >= 15 is 0 Å². The number of rotatable bonds is 3. The molecule has 1 saturated carbocycles. The number of Topliss-reactive ketones (excluding diaryl/α,β-unsaturated/α-hetero) is 1. The Morgan fingerprint density at radius 1 is 0.947 bits per heavy atom. The zero-order valence-corrected chi connectivity index (χ0v) is 11.7. The summed E-state index contributed by atoms with van der Waals surface area (Å²) in [4.78, 5) is 12.3. The lowest BCUT2D eigenvalue weighted by Gasteiger charge is -2.15. The molecule has 0 radical (unpaired) electrons. The summed E-state index contributed by atoms with van der Waals surface area (Å²) in [7, 11) is 0. The molecule has 1 fully saturated rings. The fourth-order valence-electron chi connectivity index (χ4n) is 2.97. The molecular formula is C17H25NO. The highest BCUT2D eigenvalue weighted by molar-refractivity contribution is 5.96. The Bertz CT molecular complexity index is 386. The molecule has 104 valence electrons. The molecule has 2 N–H and O–H groups in total. The smallest absolute Gasteiger partial charge is 0.163 e. The van der Waals surface area contributed by atoms with Crippen molar-refractivity contribution in [2.75, 3.05) is 5.73 Å². The molecule has 1 aromatic rings. The Balaban J connectivity index is 1.90. The van der Waals surface area contributed by atoms with Crippen molar-refractivity contribution in [3.8, 4) is 0 Å². The van der Waals surface area contributed by atoms with Crippen LogP contribution in [0.2, 0.25) is 0 Å². The maximum Gasteiger partial charge on any atom is 0.163 e. The molecule has 19 heavy (non-hydrogen) atoms. The molecule has 0 aliphatic heterocycles. The van der Waals surface area contributed by atoms with E-state index in [0.717, 1.165) is 11.3 Å². The molecule has 0 spiro atoms. The van der Waals surface area contributed by atoms with Crippen molar-refractivity contribution in [2.45, 2.75) is 57.8 Å². The van der Waals surface area contributed by atoms with E-state index in [1.54, 1.807) is 0 Å². The number of carbonyl (C=O) groups excluding carboxylic acids is 1. The van der Waals surface area contributed by atoms with Gasteiger partial charge in [-0.15, -0.1) is 0 Å². The number of nitrogens with two attached hydrogens (primary N) is 1. The molecule has 0 amide bonds. The van der Waals surface area contributed by atoms with Gasteiger partial charge in [0.25, 0.3) is 0 Å². The minimum atomic E-state index is 0.282. The largest absolute Gasteiger partial charge is 0.399 e. The summed E-state index contributed by atoms with van der Waals surface area (Å²) < 4.78 is 0. The molecular weight excluding hydrogens is 234 g/mol. The van der Waals surface area contributed by atoms with Gasteiger partial charge in [-0.25, -0.2) is 0 Å². The quantitative estimate of drug-likeness (QED) is 0.637. The van der Waals surface area contributed by atoms with Gasteiger partial charge in [-0.05, 0) is 30.2 Å². The lowest BCUT2D eigenvalue weighted by atomic mass is 9.90. The van der Waals surface area contributed by atoms with Crippen LogP contribution in [0.5, 0.6) is 0 Å². The molecule has 0 bridgehead atoms. The standard InChI is InChI=1S/C17H25NO/c18-16-11-9-15(10-12-16)17(19)13-14-7-5-3-1-2-4-6-8-14/h9-12,14H,1-8,13,18H2. The third-order valence-electron chi connectivity index (χ3n) is 4.18. The highest BCUT2D eigenvalue weighted by Crippen LogP contribution is 2.25. The number of ketones is 1. The first-order valence-electron chi connectivity index (χ1n) is 7.64. The minimum absolute atomic E-state index is 0.282. The Kier molecular flexibility index (Phi) is 5.44. The summed E-state index contributed by atoms with van der Waals surface area (Å²) in [6.07, 6.45) is 11.2. The molecule has 1 aromatic carbocycles. The Morgan fingerprint density at radius 2 is 1.47 bits per heavy atom. The number of benzene rings is 1. The Labute approximate surface area is 116 Å². The highest BCUT2D eigenvalue weighted by Gasteiger charge is 2.16. The minimum Gasteiger partial charge on any atom is -0.399 e. The number of anilines is 1. The lowest BCUT2D eigenvalue weighted by Crippen LogP contribution is -2.09. The Morgan fingerprint density at radius 3 is 2.05 bits per heavy atom. The fourth-order valence-corrected chi connectivity index (χ4v) is 2.97. The molecule has 0 aromatic heterocycles. The van der Waals surface area contributed by atoms with Crippen LogP contribution in [-0.2, 0) is 0 Å². The maximum absolute atomic E-state index is 12.3. The van der Waals surface area contributed by atoms with Gasteiger partial charge in [-0.2, -0.15) is 0 Å². The summed E-state index contributed by atoms with van der Waals surface area (Å²) in [5, 5.41) is 0. The topological polar surface area (TPSA) is 43.1 Å². The van der Waals surface area contributed by atoms with Crippen LogP contribution in [0.3, 0.4) is 0 Å². The SMILES string of the molecule is Nc1ccc(C(=O)CC2CCCCCCCC2)cc1. The van der Waals surface area contributed by atoms with Gasteiger partial charge in [0.2, 0.25) is 0 Å². The fraction of sp³-hybridized carbons (Fsp3) is 0.588. The van der Waals surface area contributed by atoms with Gasteiger partial charge in [-0.1, -0.05) is 51.4 Å². The van der Waals surface area contributed by atoms with Gasteiger partial charge in [0.15, 0.2) is 5.78 Å². The van der Waals surface area contributed by atoms with Crippen LogP contribution < -0.4 is 5.73 Å². The van der Waals surface area contributed by atoms with Crippen LogP contribution >= 0.6 is 0 Å². The monoisotopic (exact) mass is 259 g/mol. The molecule has 1 aliphatic rings. The average molecular weight is 259 g/mol. The first kappa shape index (κ1) is 14.1. The normalized spacial score (nSPS) is 18.3. The van der Waals surface area contributed by atoms with Gasteiger partial charge in [0, 0.05) is 17.7 Å². The zero-order valence-electron chi connectivity index (χ0n) is 11.7. The van der Waals surface area contributed by atoms with E-state index in [4.69, 9.17) is 5.73 Å². The summed E-state index contributed by atoms with van der Waals surface area (Å²) in [6.45, 7) is 0. The van der Waals surface area contributed by atoms with Crippen LogP contribution in [0, 0.1) is 5.92 Å². The van der Waals surface area contributed by atoms with Crippen molar-refractivity contribution in [2.24, 2.45) is 5.92 Å². The summed E-state index contributed by atoms with van der Waals surface area (Å²) in [5.41, 5.74) is 7.19. The summed E-state index contributed by atoms with van der Waals surface area (Å²) in [5.74, 6) is 0.868. The van der Waals surface area contributed by atoms with E-state index in [1.807, 2.05) is 24.3 Å². The van der Waals surface area contributed by atoms with E-state index in [-0.39, 0.29) is 5.78 Å². The van der Waals surface area contributed by atoms with Gasteiger partial charge in [-0.3, -0.25) is 4.79 Å². The second kappa shape index (κ2) is 7.32. The van der Waals surface area contributed by atoms with Crippen LogP contribution in [0.25, 0.3) is 0 Å². The van der Waals surface area contributed by atoms with Crippen molar-refractivity contribution in [3.05, 3.63) is 29.8 Å². The maximum atomic E-state index is 12.3. The Hall–Kier alpha value is -1.31. The molecule has 0 atom stereocenters. The van der Waals surface area contributed by atoms with Gasteiger partial charge >= 0.3 is 0 Å². The lowest BCUT2D eigenvalue weighted by molar-refractivity contribution is 0.0955. The van der Waals surface area contributed by atoms with Crippen LogP contribution in [0.4, 0.5) is 5.69 Å². The number of hydrogen-bond acceptors (Lipinski definition) is 2. The van der Waals surface area contributed by atoms with Crippen LogP contribution in [0.15, 0.2) is 24.3 Å². The number of hydrogen-bond donors (Lipinski definition) is 1. The number of carbonyl (C=O) groups is 1. The van der Waals surface area contributed by atoms with Crippen molar-refractivity contribution < 1.29 is 4.79 Å². The summed E-state index contributed by atoms with van der Waals surface area (Å²) in [6, 6.07) is 7.34. The average Bonchev–Trinajstić information content (AvgIpc) is 2.53. The van der Waals surface area contributed by atoms with Crippen LogP contribution in [0.1, 0.15) is 68.1 Å². The first-order chi connectivity index (χ1) is 9.25. The van der Waals surface area contributed by atoms with E-state index in [9.17, 15) is 4.79 Å². The van der Waals surface area contributed by atoms with Crippen molar-refractivity contribution >= 4 is 11.5 Å². The second-order valence-corrected chi connectivity index (χ2v) is 5.81. The molecule has 2 nitrogen and oxygen atoms in total. The summed E-state index contributed by atoms with van der Waals surface area (Å²) >= 11 is 0. The van der Waals surface area contributed by atoms with Crippen molar-refractivity contribution in [3.63, 3.8) is 0 Å². The predicted octanol–water partition coefficient (Wildman–Crippen LogP) is 4.59. The second-order valence-electron chi connectivity index (χ2n) is 5.81. The van der Waals surface area contributed by atoms with Crippen molar-refractivity contribution in [1.82, 2.24) is 0 Å². The van der Waals surface area contributed by atoms with Crippen molar-refractivity contribution in [1.29, 1.82) is 0 Å². The van der Waals surface area contributed by atoms with Gasteiger partial charge in [0.1, 0.15) is 0 Å². The zero-order chi connectivity index (χ0) is 13.5. The van der Waals surface area contributed by atoms with E-state index in [0.29, 0.717) is 12.3 Å². The third-order valence-corrected chi connectivity index (χ3v) is 4.18. The number of nitrogen functional groups attached to an aromatic ring is 1. The molecule has 0 heterocycles. The van der Waals surface area contributed by atoms with Crippen LogP contribution in [-0.4, -0.2) is 5.78 Å².